The van der Waals surface area contributed by atoms with Crippen LogP contribution in [0.1, 0.15) is 6.92 Å². The van der Waals surface area contributed by atoms with Gasteiger partial charge in [0.15, 0.2) is 6.10 Å². The number of carbonyl (C=O) groups is 1. The Morgan fingerprint density at radius 2 is 2.31 bits per heavy atom. The van der Waals surface area contributed by atoms with Crippen molar-refractivity contribution >= 4 is 28.6 Å². The molecule has 0 aromatic heterocycles. The van der Waals surface area contributed by atoms with E-state index in [-0.39, 0.29) is 0 Å². The van der Waals surface area contributed by atoms with Crippen molar-refractivity contribution in [2.45, 2.75) is 13.0 Å². The predicted octanol–water partition coefficient (Wildman–Crippen LogP) is 2.14. The first-order chi connectivity index (χ1) is 6.09. The van der Waals surface area contributed by atoms with Gasteiger partial charge in [0.1, 0.15) is 5.75 Å². The average molecular weight is 292 g/mol. The van der Waals surface area contributed by atoms with E-state index in [2.05, 4.69) is 22.6 Å². The average Bonchev–Trinajstić information content (AvgIpc) is 2.04. The summed E-state index contributed by atoms with van der Waals surface area (Å²) in [5.41, 5.74) is 0. The summed E-state index contributed by atoms with van der Waals surface area (Å²) in [4.78, 5) is 10.5. The Morgan fingerprint density at radius 1 is 1.62 bits per heavy atom. The van der Waals surface area contributed by atoms with Gasteiger partial charge >= 0.3 is 5.97 Å². The summed E-state index contributed by atoms with van der Waals surface area (Å²) in [6, 6.07) is 7.27. The van der Waals surface area contributed by atoms with Crippen LogP contribution >= 0.6 is 22.6 Å². The normalized spacial score (nSPS) is 12.2. The fourth-order valence-corrected chi connectivity index (χ4v) is 1.31. The molecule has 0 saturated carbocycles. The molecule has 0 bridgehead atoms. The number of carboxylic acid groups (broad SMARTS) is 1. The number of hydrogen-bond acceptors (Lipinski definition) is 2. The maximum atomic E-state index is 10.5. The van der Waals surface area contributed by atoms with E-state index in [0.29, 0.717) is 5.75 Å². The van der Waals surface area contributed by atoms with E-state index in [4.69, 9.17) is 9.84 Å². The predicted molar refractivity (Wildman–Crippen MR) is 56.9 cm³/mol. The Hall–Kier alpha value is -0.780. The van der Waals surface area contributed by atoms with Crippen LogP contribution in [0.4, 0.5) is 0 Å². The SMILES string of the molecule is CC(Oc1cccc(I)c1)C(=O)O. The van der Waals surface area contributed by atoms with Crippen molar-refractivity contribution in [1.29, 1.82) is 0 Å². The summed E-state index contributed by atoms with van der Waals surface area (Å²) >= 11 is 2.14. The zero-order valence-corrected chi connectivity index (χ0v) is 9.19. The van der Waals surface area contributed by atoms with Crippen molar-refractivity contribution < 1.29 is 14.6 Å². The number of hydrogen-bond donors (Lipinski definition) is 1. The fourth-order valence-electron chi connectivity index (χ4n) is 0.795. The molecule has 0 amide bonds. The molecule has 70 valence electrons. The second-order valence-corrected chi connectivity index (χ2v) is 3.80. The van der Waals surface area contributed by atoms with Gasteiger partial charge in [-0.05, 0) is 47.7 Å². The van der Waals surface area contributed by atoms with Crippen molar-refractivity contribution in [2.75, 3.05) is 0 Å². The molecule has 0 aliphatic heterocycles. The molecule has 0 fully saturated rings. The molecular formula is C9H9IO3. The van der Waals surface area contributed by atoms with Crippen molar-refractivity contribution in [3.63, 3.8) is 0 Å². The van der Waals surface area contributed by atoms with Crippen LogP contribution in [0.25, 0.3) is 0 Å². The van der Waals surface area contributed by atoms with E-state index in [1.54, 1.807) is 12.1 Å². The van der Waals surface area contributed by atoms with Crippen molar-refractivity contribution in [3.8, 4) is 5.75 Å². The standard InChI is InChI=1S/C9H9IO3/c1-6(9(11)12)13-8-4-2-3-7(10)5-8/h2-6H,1H3,(H,11,12). The second kappa shape index (κ2) is 4.45. The lowest BCUT2D eigenvalue weighted by atomic mass is 10.3. The van der Waals surface area contributed by atoms with Crippen LogP contribution in [0.2, 0.25) is 0 Å². The first-order valence-corrected chi connectivity index (χ1v) is 4.82. The van der Waals surface area contributed by atoms with E-state index >= 15 is 0 Å². The van der Waals surface area contributed by atoms with Crippen LogP contribution in [0, 0.1) is 3.57 Å². The first-order valence-electron chi connectivity index (χ1n) is 3.74. The van der Waals surface area contributed by atoms with Crippen LogP contribution in [-0.4, -0.2) is 17.2 Å². The largest absolute Gasteiger partial charge is 0.479 e. The van der Waals surface area contributed by atoms with Gasteiger partial charge in [0.05, 0.1) is 0 Å². The van der Waals surface area contributed by atoms with Gasteiger partial charge in [-0.15, -0.1) is 0 Å². The Labute approximate surface area is 89.9 Å². The minimum Gasteiger partial charge on any atom is -0.479 e. The summed E-state index contributed by atoms with van der Waals surface area (Å²) in [6.07, 6.45) is -0.807. The molecule has 1 aromatic carbocycles. The molecule has 1 rings (SSSR count). The third kappa shape index (κ3) is 3.22. The van der Waals surface area contributed by atoms with Gasteiger partial charge < -0.3 is 9.84 Å². The maximum absolute atomic E-state index is 10.5. The molecule has 13 heavy (non-hydrogen) atoms. The molecule has 0 heterocycles. The van der Waals surface area contributed by atoms with Gasteiger partial charge in [-0.1, -0.05) is 6.07 Å². The summed E-state index contributed by atoms with van der Waals surface area (Å²) in [7, 11) is 0. The molecule has 4 heteroatoms. The summed E-state index contributed by atoms with van der Waals surface area (Å²) in [6.45, 7) is 1.50. The van der Waals surface area contributed by atoms with Gasteiger partial charge in [0.2, 0.25) is 0 Å². The topological polar surface area (TPSA) is 46.5 Å². The van der Waals surface area contributed by atoms with Crippen molar-refractivity contribution in [2.24, 2.45) is 0 Å². The number of carboxylic acids is 1. The third-order valence-corrected chi connectivity index (χ3v) is 2.13. The molecular weight excluding hydrogens is 283 g/mol. The maximum Gasteiger partial charge on any atom is 0.344 e. The summed E-state index contributed by atoms with van der Waals surface area (Å²) < 4.78 is 6.17. The third-order valence-electron chi connectivity index (χ3n) is 1.46. The van der Waals surface area contributed by atoms with Crippen molar-refractivity contribution in [3.05, 3.63) is 27.8 Å². The molecule has 0 spiro atoms. The molecule has 1 aromatic rings. The monoisotopic (exact) mass is 292 g/mol. The molecule has 1 N–H and O–H groups in total. The highest BCUT2D eigenvalue weighted by Crippen LogP contribution is 2.16. The minimum atomic E-state index is -0.959. The van der Waals surface area contributed by atoms with E-state index < -0.39 is 12.1 Å². The van der Waals surface area contributed by atoms with Gasteiger partial charge in [-0.2, -0.15) is 0 Å². The van der Waals surface area contributed by atoms with Crippen LogP contribution in [0.3, 0.4) is 0 Å². The zero-order chi connectivity index (χ0) is 9.84. The lowest BCUT2D eigenvalue weighted by Gasteiger charge is -2.09. The molecule has 0 aliphatic rings. The number of aliphatic carboxylic acids is 1. The lowest BCUT2D eigenvalue weighted by Crippen LogP contribution is -2.22. The lowest BCUT2D eigenvalue weighted by molar-refractivity contribution is -0.144. The molecule has 0 saturated heterocycles. The number of benzene rings is 1. The number of ether oxygens (including phenoxy) is 1. The Balaban J connectivity index is 2.69. The van der Waals surface area contributed by atoms with Crippen LogP contribution in [-0.2, 0) is 4.79 Å². The highest BCUT2D eigenvalue weighted by atomic mass is 127. The van der Waals surface area contributed by atoms with E-state index in [0.717, 1.165) is 3.57 Å². The summed E-state index contributed by atoms with van der Waals surface area (Å²) in [5, 5.41) is 8.59. The van der Waals surface area contributed by atoms with Gasteiger partial charge in [-0.25, -0.2) is 4.79 Å². The molecule has 0 radical (unpaired) electrons. The molecule has 0 aliphatic carbocycles. The highest BCUT2D eigenvalue weighted by Gasteiger charge is 2.11. The van der Waals surface area contributed by atoms with Crippen LogP contribution in [0.15, 0.2) is 24.3 Å². The van der Waals surface area contributed by atoms with Gasteiger partial charge in [0.25, 0.3) is 0 Å². The van der Waals surface area contributed by atoms with Crippen LogP contribution < -0.4 is 4.74 Å². The summed E-state index contributed by atoms with van der Waals surface area (Å²) in [5.74, 6) is -0.374. The Kier molecular flexibility index (Phi) is 3.53. The quantitative estimate of drug-likeness (QED) is 0.868. The Morgan fingerprint density at radius 3 is 2.85 bits per heavy atom. The first kappa shape index (κ1) is 10.3. The smallest absolute Gasteiger partial charge is 0.344 e. The van der Waals surface area contributed by atoms with Gasteiger partial charge in [-0.3, -0.25) is 0 Å². The highest BCUT2D eigenvalue weighted by molar-refractivity contribution is 14.1. The molecule has 1 atom stereocenters. The van der Waals surface area contributed by atoms with E-state index in [1.165, 1.54) is 6.92 Å². The number of rotatable bonds is 3. The number of halogens is 1. The fraction of sp³-hybridized carbons (Fsp3) is 0.222. The minimum absolute atomic E-state index is 0.585. The van der Waals surface area contributed by atoms with Gasteiger partial charge in [0, 0.05) is 3.57 Å². The molecule has 3 nitrogen and oxygen atoms in total. The second-order valence-electron chi connectivity index (χ2n) is 2.56. The van der Waals surface area contributed by atoms with E-state index in [1.807, 2.05) is 12.1 Å². The van der Waals surface area contributed by atoms with Crippen LogP contribution in [0.5, 0.6) is 5.75 Å². The van der Waals surface area contributed by atoms with E-state index in [9.17, 15) is 4.79 Å². The zero-order valence-electron chi connectivity index (χ0n) is 7.03. The van der Waals surface area contributed by atoms with Crippen molar-refractivity contribution in [1.82, 2.24) is 0 Å². The molecule has 1 unspecified atom stereocenters. The Bertz CT molecular complexity index is 311.